The van der Waals surface area contributed by atoms with Gasteiger partial charge in [-0.15, -0.1) is 0 Å². The molecule has 0 aromatic heterocycles. The van der Waals surface area contributed by atoms with Gasteiger partial charge in [-0.2, -0.15) is 0 Å². The summed E-state index contributed by atoms with van der Waals surface area (Å²) in [5.41, 5.74) is 1.73. The molecule has 0 radical (unpaired) electrons. The predicted molar refractivity (Wildman–Crippen MR) is 80.0 cm³/mol. The van der Waals surface area contributed by atoms with Crippen LogP contribution in [0, 0.1) is 12.7 Å². The molecule has 0 unspecified atom stereocenters. The maximum atomic E-state index is 13.1. The van der Waals surface area contributed by atoms with E-state index in [2.05, 4.69) is 5.32 Å². The van der Waals surface area contributed by atoms with Crippen molar-refractivity contribution in [1.29, 1.82) is 0 Å². The normalized spacial score (nSPS) is 10.6. The summed E-state index contributed by atoms with van der Waals surface area (Å²) >= 11 is 6.02. The Labute approximate surface area is 123 Å². The molecule has 0 heterocycles. The lowest BCUT2D eigenvalue weighted by atomic mass is 10.2. The van der Waals surface area contributed by atoms with E-state index in [4.69, 9.17) is 16.3 Å². The molecule has 0 atom stereocenters. The lowest BCUT2D eigenvalue weighted by molar-refractivity contribution is 0.467. The molecule has 1 N–H and O–H groups in total. The van der Waals surface area contributed by atoms with Gasteiger partial charge in [0.15, 0.2) is 0 Å². The third-order valence-electron chi connectivity index (χ3n) is 2.94. The van der Waals surface area contributed by atoms with Crippen molar-refractivity contribution in [3.63, 3.8) is 0 Å². The number of ether oxygens (including phenoxy) is 1. The van der Waals surface area contributed by atoms with E-state index in [1.54, 1.807) is 12.1 Å². The first-order valence-electron chi connectivity index (χ1n) is 6.53. The number of aryl methyl sites for hydroxylation is 1. The van der Waals surface area contributed by atoms with Gasteiger partial charge in [0.05, 0.1) is 0 Å². The summed E-state index contributed by atoms with van der Waals surface area (Å²) in [6, 6.07) is 9.97. The molecule has 0 aliphatic rings. The Balaban J connectivity index is 2.27. The first-order chi connectivity index (χ1) is 9.60. The lowest BCUT2D eigenvalue weighted by Crippen LogP contribution is -2.12. The molecule has 0 bridgehead atoms. The van der Waals surface area contributed by atoms with E-state index in [1.165, 1.54) is 12.1 Å². The van der Waals surface area contributed by atoms with E-state index in [9.17, 15) is 4.39 Å². The van der Waals surface area contributed by atoms with Gasteiger partial charge in [0, 0.05) is 17.1 Å². The predicted octanol–water partition coefficient (Wildman–Crippen LogP) is 4.69. The zero-order chi connectivity index (χ0) is 14.5. The Morgan fingerprint density at radius 2 is 1.90 bits per heavy atom. The Morgan fingerprint density at radius 3 is 2.60 bits per heavy atom. The summed E-state index contributed by atoms with van der Waals surface area (Å²) in [7, 11) is 0. The average molecular weight is 294 g/mol. The zero-order valence-corrected chi connectivity index (χ0v) is 12.3. The largest absolute Gasteiger partial charge is 0.457 e. The molecular formula is C16H17ClFNO. The minimum atomic E-state index is -0.265. The van der Waals surface area contributed by atoms with E-state index < -0.39 is 0 Å². The van der Waals surface area contributed by atoms with Crippen LogP contribution in [-0.2, 0) is 6.54 Å². The number of halogens is 2. The Hall–Kier alpha value is -1.58. The van der Waals surface area contributed by atoms with Crippen LogP contribution in [0.3, 0.4) is 0 Å². The fourth-order valence-corrected chi connectivity index (χ4v) is 2.09. The maximum Gasteiger partial charge on any atom is 0.132 e. The van der Waals surface area contributed by atoms with Crippen molar-refractivity contribution >= 4 is 11.6 Å². The van der Waals surface area contributed by atoms with E-state index in [0.29, 0.717) is 17.3 Å². The molecule has 2 aromatic carbocycles. The highest BCUT2D eigenvalue weighted by atomic mass is 35.5. The summed E-state index contributed by atoms with van der Waals surface area (Å²) in [4.78, 5) is 0. The second-order valence-corrected chi connectivity index (χ2v) is 4.98. The van der Waals surface area contributed by atoms with Crippen LogP contribution in [0.25, 0.3) is 0 Å². The molecule has 2 rings (SSSR count). The van der Waals surface area contributed by atoms with Crippen LogP contribution in [0.15, 0.2) is 36.4 Å². The van der Waals surface area contributed by atoms with Crippen LogP contribution in [0.2, 0.25) is 5.02 Å². The molecular weight excluding hydrogens is 277 g/mol. The molecule has 2 nitrogen and oxygen atoms in total. The van der Waals surface area contributed by atoms with Gasteiger partial charge in [0.1, 0.15) is 17.3 Å². The first kappa shape index (κ1) is 14.8. The number of benzene rings is 2. The SMILES string of the molecule is CCNCc1cc(Cl)ccc1Oc1ccc(F)cc1C. The van der Waals surface area contributed by atoms with E-state index in [0.717, 1.165) is 23.4 Å². The van der Waals surface area contributed by atoms with Crippen LogP contribution < -0.4 is 10.1 Å². The van der Waals surface area contributed by atoms with Crippen molar-refractivity contribution in [3.8, 4) is 11.5 Å². The molecule has 0 aliphatic heterocycles. The summed E-state index contributed by atoms with van der Waals surface area (Å²) in [5, 5.41) is 3.91. The van der Waals surface area contributed by atoms with E-state index in [1.807, 2.05) is 26.0 Å². The number of nitrogens with one attached hydrogen (secondary N) is 1. The molecule has 106 valence electrons. The Kier molecular flexibility index (Phi) is 4.99. The van der Waals surface area contributed by atoms with E-state index in [-0.39, 0.29) is 5.82 Å². The van der Waals surface area contributed by atoms with Crippen molar-refractivity contribution in [2.24, 2.45) is 0 Å². The molecule has 0 amide bonds. The molecule has 0 aliphatic carbocycles. The van der Waals surface area contributed by atoms with Gasteiger partial charge in [0.25, 0.3) is 0 Å². The van der Waals surface area contributed by atoms with Crippen molar-refractivity contribution in [2.75, 3.05) is 6.54 Å². The summed E-state index contributed by atoms with van der Waals surface area (Å²) in [6.45, 7) is 5.39. The van der Waals surface area contributed by atoms with Gasteiger partial charge in [-0.05, 0) is 55.4 Å². The minimum absolute atomic E-state index is 0.265. The van der Waals surface area contributed by atoms with Crippen molar-refractivity contribution in [1.82, 2.24) is 5.32 Å². The monoisotopic (exact) mass is 293 g/mol. The summed E-state index contributed by atoms with van der Waals surface area (Å²) in [6.07, 6.45) is 0. The molecule has 4 heteroatoms. The highest BCUT2D eigenvalue weighted by Crippen LogP contribution is 2.30. The zero-order valence-electron chi connectivity index (χ0n) is 11.5. The van der Waals surface area contributed by atoms with Gasteiger partial charge in [-0.25, -0.2) is 4.39 Å². The number of hydrogen-bond acceptors (Lipinski definition) is 2. The fourth-order valence-electron chi connectivity index (χ4n) is 1.89. The number of rotatable bonds is 5. The highest BCUT2D eigenvalue weighted by Gasteiger charge is 2.08. The smallest absolute Gasteiger partial charge is 0.132 e. The van der Waals surface area contributed by atoms with Crippen LogP contribution in [-0.4, -0.2) is 6.54 Å². The summed E-state index contributed by atoms with van der Waals surface area (Å²) in [5.74, 6) is 1.11. The topological polar surface area (TPSA) is 21.3 Å². The Bertz CT molecular complexity index is 601. The average Bonchev–Trinajstić information content (AvgIpc) is 2.41. The quantitative estimate of drug-likeness (QED) is 0.863. The van der Waals surface area contributed by atoms with Crippen molar-refractivity contribution < 1.29 is 9.13 Å². The van der Waals surface area contributed by atoms with Gasteiger partial charge in [-0.3, -0.25) is 0 Å². The van der Waals surface area contributed by atoms with Crippen LogP contribution in [0.1, 0.15) is 18.1 Å². The van der Waals surface area contributed by atoms with Crippen LogP contribution >= 0.6 is 11.6 Å². The Morgan fingerprint density at radius 1 is 1.15 bits per heavy atom. The highest BCUT2D eigenvalue weighted by molar-refractivity contribution is 6.30. The second-order valence-electron chi connectivity index (χ2n) is 4.54. The number of hydrogen-bond donors (Lipinski definition) is 1. The third kappa shape index (κ3) is 3.71. The summed E-state index contributed by atoms with van der Waals surface area (Å²) < 4.78 is 19.0. The van der Waals surface area contributed by atoms with Gasteiger partial charge in [-0.1, -0.05) is 18.5 Å². The molecule has 20 heavy (non-hydrogen) atoms. The van der Waals surface area contributed by atoms with Crippen LogP contribution in [0.5, 0.6) is 11.5 Å². The molecule has 0 fully saturated rings. The van der Waals surface area contributed by atoms with Gasteiger partial charge >= 0.3 is 0 Å². The van der Waals surface area contributed by atoms with Gasteiger partial charge < -0.3 is 10.1 Å². The van der Waals surface area contributed by atoms with Crippen LogP contribution in [0.4, 0.5) is 4.39 Å². The molecule has 0 saturated carbocycles. The molecule has 0 saturated heterocycles. The molecule has 0 spiro atoms. The third-order valence-corrected chi connectivity index (χ3v) is 3.18. The fraction of sp³-hybridized carbons (Fsp3) is 0.250. The lowest BCUT2D eigenvalue weighted by Gasteiger charge is -2.13. The first-order valence-corrected chi connectivity index (χ1v) is 6.91. The standard InChI is InChI=1S/C16H17ClFNO/c1-3-19-10-12-9-13(17)4-6-16(12)20-15-7-5-14(18)8-11(15)2/h4-9,19H,3,10H2,1-2H3. The van der Waals surface area contributed by atoms with Crippen molar-refractivity contribution in [3.05, 3.63) is 58.4 Å². The van der Waals surface area contributed by atoms with Gasteiger partial charge in [0.2, 0.25) is 0 Å². The second kappa shape index (κ2) is 6.73. The maximum absolute atomic E-state index is 13.1. The molecule has 2 aromatic rings. The van der Waals surface area contributed by atoms with E-state index >= 15 is 0 Å². The minimum Gasteiger partial charge on any atom is -0.457 e. The van der Waals surface area contributed by atoms with Crippen molar-refractivity contribution in [2.45, 2.75) is 20.4 Å².